The summed E-state index contributed by atoms with van der Waals surface area (Å²) in [5, 5.41) is 16.2. The Kier molecular flexibility index (Phi) is 11.2. The quantitative estimate of drug-likeness (QED) is 0.279. The Morgan fingerprint density at radius 3 is 2.20 bits per heavy atom. The number of halogens is 3. The molecule has 1 atom stereocenters. The average molecular weight is 585 g/mol. The zero-order valence-electron chi connectivity index (χ0n) is 23.5. The van der Waals surface area contributed by atoms with E-state index in [1.54, 1.807) is 27.9 Å². The third-order valence-electron chi connectivity index (χ3n) is 5.76. The Balaban J connectivity index is 0.000000745. The van der Waals surface area contributed by atoms with E-state index < -0.39 is 23.7 Å². The number of nitrogens with one attached hydrogen (secondary N) is 4. The second-order valence-corrected chi connectivity index (χ2v) is 10.1. The van der Waals surface area contributed by atoms with Crippen molar-refractivity contribution < 1.29 is 46.9 Å². The minimum atomic E-state index is -5.08. The van der Waals surface area contributed by atoms with Gasteiger partial charge in [-0.3, -0.25) is 9.59 Å². The van der Waals surface area contributed by atoms with E-state index in [9.17, 15) is 27.6 Å². The van der Waals surface area contributed by atoms with Crippen molar-refractivity contribution in [1.82, 2.24) is 15.6 Å². The molecular formula is C27H35F3N4O7. The lowest BCUT2D eigenvalue weighted by Gasteiger charge is -2.19. The van der Waals surface area contributed by atoms with Crippen LogP contribution in [0.1, 0.15) is 72.6 Å². The molecule has 0 bridgehead atoms. The maximum atomic E-state index is 13.3. The number of carbonyl (C=O) groups excluding carboxylic acids is 3. The lowest BCUT2D eigenvalue weighted by Crippen LogP contribution is -2.38. The maximum absolute atomic E-state index is 13.3. The molecule has 0 spiro atoms. The van der Waals surface area contributed by atoms with Gasteiger partial charge < -0.3 is 35.5 Å². The lowest BCUT2D eigenvalue weighted by atomic mass is 10.0. The van der Waals surface area contributed by atoms with E-state index >= 15 is 0 Å². The number of H-pyrrole nitrogens is 1. The minimum absolute atomic E-state index is 0.00765. The van der Waals surface area contributed by atoms with Gasteiger partial charge in [-0.05, 0) is 63.4 Å². The number of carbonyl (C=O) groups is 4. The first kappa shape index (κ1) is 33.0. The molecule has 1 aliphatic heterocycles. The number of hydrogen-bond acceptors (Lipinski definition) is 7. The summed E-state index contributed by atoms with van der Waals surface area (Å²) in [6.07, 6.45) is -3.47. The molecule has 2 aromatic rings. The summed E-state index contributed by atoms with van der Waals surface area (Å²) in [5.41, 5.74) is 2.07. The fourth-order valence-electron chi connectivity index (χ4n) is 3.89. The molecule has 226 valence electrons. The third kappa shape index (κ3) is 10.0. The van der Waals surface area contributed by atoms with E-state index in [1.807, 2.05) is 31.2 Å². The molecule has 0 aliphatic carbocycles. The molecule has 1 aliphatic rings. The minimum Gasteiger partial charge on any atom is -0.497 e. The molecule has 41 heavy (non-hydrogen) atoms. The van der Waals surface area contributed by atoms with Gasteiger partial charge in [0.15, 0.2) is 0 Å². The summed E-state index contributed by atoms with van der Waals surface area (Å²) in [5.74, 6) is -2.82. The molecule has 3 rings (SSSR count). The zero-order chi connectivity index (χ0) is 31.0. The van der Waals surface area contributed by atoms with Gasteiger partial charge >= 0.3 is 18.1 Å². The highest BCUT2D eigenvalue weighted by Crippen LogP contribution is 2.25. The Labute approximate surface area is 235 Å². The Morgan fingerprint density at radius 1 is 1.12 bits per heavy atom. The molecule has 11 nitrogen and oxygen atoms in total. The molecule has 1 fully saturated rings. The predicted molar refractivity (Wildman–Crippen MR) is 143 cm³/mol. The summed E-state index contributed by atoms with van der Waals surface area (Å²) in [6, 6.07) is 7.33. The van der Waals surface area contributed by atoms with Crippen molar-refractivity contribution in [3.05, 3.63) is 46.8 Å². The van der Waals surface area contributed by atoms with E-state index in [1.165, 1.54) is 0 Å². The highest BCUT2D eigenvalue weighted by molar-refractivity contribution is 6.01. The molecule has 1 aromatic heterocycles. The van der Waals surface area contributed by atoms with Gasteiger partial charge in [0.1, 0.15) is 17.0 Å². The van der Waals surface area contributed by atoms with Crippen LogP contribution in [0.3, 0.4) is 0 Å². The van der Waals surface area contributed by atoms with Crippen molar-refractivity contribution in [2.75, 3.05) is 19.0 Å². The van der Waals surface area contributed by atoms with Crippen LogP contribution in [0, 0.1) is 0 Å². The van der Waals surface area contributed by atoms with Crippen molar-refractivity contribution in [3.8, 4) is 5.75 Å². The Morgan fingerprint density at radius 2 is 1.73 bits per heavy atom. The topological polar surface area (TPSA) is 159 Å². The van der Waals surface area contributed by atoms with Crippen molar-refractivity contribution in [2.45, 2.75) is 71.3 Å². The van der Waals surface area contributed by atoms with Crippen molar-refractivity contribution in [1.29, 1.82) is 0 Å². The summed E-state index contributed by atoms with van der Waals surface area (Å²) >= 11 is 0. The van der Waals surface area contributed by atoms with Crippen LogP contribution in [-0.4, -0.2) is 65.3 Å². The Hall–Kier alpha value is -4.23. The normalized spacial score (nSPS) is 14.8. The second kappa shape index (κ2) is 13.9. The van der Waals surface area contributed by atoms with Gasteiger partial charge in [0.2, 0.25) is 5.91 Å². The maximum Gasteiger partial charge on any atom is 0.490 e. The summed E-state index contributed by atoms with van der Waals surface area (Å²) in [4.78, 5) is 49.7. The molecule has 1 saturated heterocycles. The number of aromatic nitrogens is 1. The van der Waals surface area contributed by atoms with Gasteiger partial charge in [0, 0.05) is 30.4 Å². The zero-order valence-corrected chi connectivity index (χ0v) is 23.5. The standard InChI is InChI=1S/C25H34N4O5.C2HF3O2/c1-6-18-21(23(31)27-13-16-9-12-20(30)28-16)19(29-22(18)24(32)34-25(2,3)4)14-26-15-7-10-17(33-5)11-8-15;3-2(4,5)1(6)7/h7-8,10-11,16,26,29H,6,9,12-14H2,1-5H3,(H,27,31)(H,28,30);(H,6,7). The van der Waals surface area contributed by atoms with Gasteiger partial charge in [-0.15, -0.1) is 0 Å². The second-order valence-electron chi connectivity index (χ2n) is 10.1. The van der Waals surface area contributed by atoms with Crippen LogP contribution in [0.4, 0.5) is 18.9 Å². The monoisotopic (exact) mass is 584 g/mol. The van der Waals surface area contributed by atoms with E-state index in [0.717, 1.165) is 11.4 Å². The number of methoxy groups -OCH3 is 1. The van der Waals surface area contributed by atoms with Crippen LogP contribution in [0.5, 0.6) is 5.75 Å². The number of alkyl halides is 3. The summed E-state index contributed by atoms with van der Waals surface area (Å²) in [6.45, 7) is 7.92. The highest BCUT2D eigenvalue weighted by atomic mass is 19.4. The first-order chi connectivity index (χ1) is 19.1. The molecule has 0 saturated carbocycles. The Bertz CT molecular complexity index is 1240. The smallest absolute Gasteiger partial charge is 0.490 e. The SMILES string of the molecule is CCc1c(C(=O)OC(C)(C)C)[nH]c(CNc2ccc(OC)cc2)c1C(=O)NCC1CCC(=O)N1.O=C(O)C(F)(F)F. The molecule has 14 heteroatoms. The number of rotatable bonds is 9. The van der Waals surface area contributed by atoms with E-state index in [4.69, 9.17) is 19.4 Å². The van der Waals surface area contributed by atoms with Crippen molar-refractivity contribution >= 4 is 29.4 Å². The van der Waals surface area contributed by atoms with Crippen LogP contribution in [0.15, 0.2) is 24.3 Å². The largest absolute Gasteiger partial charge is 0.497 e. The van der Waals surface area contributed by atoms with Crippen LogP contribution >= 0.6 is 0 Å². The van der Waals surface area contributed by atoms with Gasteiger partial charge in [0.25, 0.3) is 5.91 Å². The number of amides is 2. The highest BCUT2D eigenvalue weighted by Gasteiger charge is 2.38. The molecule has 2 amide bonds. The molecular weight excluding hydrogens is 549 g/mol. The van der Waals surface area contributed by atoms with E-state index in [2.05, 4.69) is 20.9 Å². The number of esters is 1. The predicted octanol–water partition coefficient (Wildman–Crippen LogP) is 3.79. The number of hydrogen-bond donors (Lipinski definition) is 5. The first-order valence-corrected chi connectivity index (χ1v) is 12.8. The molecule has 2 heterocycles. The number of aliphatic carboxylic acids is 1. The molecule has 5 N–H and O–H groups in total. The number of carboxylic acids is 1. The van der Waals surface area contributed by atoms with Gasteiger partial charge in [-0.25, -0.2) is 9.59 Å². The van der Waals surface area contributed by atoms with Crippen molar-refractivity contribution in [2.24, 2.45) is 0 Å². The van der Waals surface area contributed by atoms with Crippen LogP contribution < -0.4 is 20.7 Å². The number of benzene rings is 1. The van der Waals surface area contributed by atoms with E-state index in [0.29, 0.717) is 49.2 Å². The van der Waals surface area contributed by atoms with Crippen LogP contribution in [0.2, 0.25) is 0 Å². The van der Waals surface area contributed by atoms with Crippen molar-refractivity contribution in [3.63, 3.8) is 0 Å². The molecule has 1 aromatic carbocycles. The van der Waals surface area contributed by atoms with E-state index in [-0.39, 0.29) is 23.6 Å². The lowest BCUT2D eigenvalue weighted by molar-refractivity contribution is -0.192. The summed E-state index contributed by atoms with van der Waals surface area (Å²) in [7, 11) is 1.60. The van der Waals surface area contributed by atoms with Gasteiger partial charge in [-0.1, -0.05) is 6.92 Å². The number of anilines is 1. The van der Waals surface area contributed by atoms with Gasteiger partial charge in [0.05, 0.1) is 19.2 Å². The number of aromatic amines is 1. The summed E-state index contributed by atoms with van der Waals surface area (Å²) < 4.78 is 42.5. The average Bonchev–Trinajstić information content (AvgIpc) is 3.48. The molecule has 1 unspecified atom stereocenters. The van der Waals surface area contributed by atoms with Crippen LogP contribution in [0.25, 0.3) is 0 Å². The molecule has 0 radical (unpaired) electrons. The van der Waals surface area contributed by atoms with Gasteiger partial charge in [-0.2, -0.15) is 13.2 Å². The number of carboxylic acid groups (broad SMARTS) is 1. The fraction of sp³-hybridized carbons (Fsp3) is 0.481. The third-order valence-corrected chi connectivity index (χ3v) is 5.76. The first-order valence-electron chi connectivity index (χ1n) is 12.8. The number of ether oxygens (including phenoxy) is 2. The fourth-order valence-corrected chi connectivity index (χ4v) is 3.89. The van der Waals surface area contributed by atoms with Crippen LogP contribution in [-0.2, 0) is 27.3 Å².